The Morgan fingerprint density at radius 1 is 1.21 bits per heavy atom. The van der Waals surface area contributed by atoms with Crippen LogP contribution in [0.1, 0.15) is 36.3 Å². The predicted molar refractivity (Wildman–Crippen MR) is 109 cm³/mol. The van der Waals surface area contributed by atoms with Crippen LogP contribution in [-0.2, 0) is 36.2 Å². The molecule has 0 radical (unpaired) electrons. The fraction of sp³-hybridized carbons (Fsp3) is 0.632. The molecule has 0 aromatic carbocycles. The minimum Gasteiger partial charge on any atom is -0.317 e. The lowest BCUT2D eigenvalue weighted by Crippen LogP contribution is -2.49. The number of aryl methyl sites for hydroxylation is 1. The normalized spacial score (nSPS) is 22.1. The van der Waals surface area contributed by atoms with Crippen LogP contribution in [0.2, 0.25) is 0 Å². The third kappa shape index (κ3) is 4.01. The third-order valence-corrected chi connectivity index (χ3v) is 7.24. The Morgan fingerprint density at radius 3 is 2.72 bits per heavy atom. The van der Waals surface area contributed by atoms with E-state index in [1.165, 1.54) is 6.26 Å². The number of sulfonamides is 1. The van der Waals surface area contributed by atoms with Crippen molar-refractivity contribution in [3.8, 4) is 0 Å². The summed E-state index contributed by atoms with van der Waals surface area (Å²) in [6, 6.07) is 3.90. The Morgan fingerprint density at radius 2 is 2.00 bits per heavy atom. The minimum absolute atomic E-state index is 0.0359. The van der Waals surface area contributed by atoms with Gasteiger partial charge in [-0.25, -0.2) is 12.7 Å². The molecule has 2 aromatic heterocycles. The second-order valence-electron chi connectivity index (χ2n) is 8.28. The fourth-order valence-electron chi connectivity index (χ4n) is 4.59. The Bertz CT molecular complexity index is 1060. The molecule has 10 heteroatoms. The van der Waals surface area contributed by atoms with E-state index in [-0.39, 0.29) is 17.4 Å². The van der Waals surface area contributed by atoms with Gasteiger partial charge < -0.3 is 9.13 Å². The highest BCUT2D eigenvalue weighted by Gasteiger charge is 2.37. The van der Waals surface area contributed by atoms with E-state index in [4.69, 9.17) is 0 Å². The summed E-state index contributed by atoms with van der Waals surface area (Å²) in [6.45, 7) is 5.54. The smallest absolute Gasteiger partial charge is 0.255 e. The van der Waals surface area contributed by atoms with Gasteiger partial charge >= 0.3 is 0 Å². The molecule has 0 aliphatic carbocycles. The summed E-state index contributed by atoms with van der Waals surface area (Å²) in [4.78, 5) is 15.2. The first-order valence-corrected chi connectivity index (χ1v) is 11.8. The van der Waals surface area contributed by atoms with Gasteiger partial charge in [0.25, 0.3) is 5.56 Å². The first-order valence-electron chi connectivity index (χ1n) is 9.99. The molecule has 1 saturated heterocycles. The van der Waals surface area contributed by atoms with E-state index in [0.717, 1.165) is 30.0 Å². The maximum Gasteiger partial charge on any atom is 0.255 e. The van der Waals surface area contributed by atoms with Gasteiger partial charge in [-0.2, -0.15) is 0 Å². The molecule has 1 fully saturated rings. The second kappa shape index (κ2) is 7.66. The average molecular weight is 421 g/mol. The summed E-state index contributed by atoms with van der Waals surface area (Å²) in [5.74, 6) is 1.15. The topological polar surface area (TPSA) is 93.3 Å². The number of piperidine rings is 1. The molecule has 4 heterocycles. The Kier molecular flexibility index (Phi) is 5.34. The SMILES string of the molecule is CCn1cnnc1CN(C)Cc1ccc2n(c1=O)C[C@H]1C[C@@H]2CN(S(C)(=O)=O)C1. The Labute approximate surface area is 171 Å². The van der Waals surface area contributed by atoms with Crippen LogP contribution in [-0.4, -0.2) is 63.3 Å². The van der Waals surface area contributed by atoms with E-state index in [0.29, 0.717) is 32.7 Å². The van der Waals surface area contributed by atoms with E-state index < -0.39 is 10.0 Å². The quantitative estimate of drug-likeness (QED) is 0.674. The number of rotatable bonds is 6. The molecular formula is C19H28N6O3S. The number of hydrogen-bond donors (Lipinski definition) is 0. The molecule has 2 aromatic rings. The number of fused-ring (bicyclic) bond motifs is 4. The van der Waals surface area contributed by atoms with Crippen molar-refractivity contribution in [1.29, 1.82) is 0 Å². The van der Waals surface area contributed by atoms with Crippen LogP contribution in [0.25, 0.3) is 0 Å². The number of pyridine rings is 1. The van der Waals surface area contributed by atoms with Crippen LogP contribution in [0, 0.1) is 5.92 Å². The van der Waals surface area contributed by atoms with Crippen LogP contribution < -0.4 is 5.56 Å². The van der Waals surface area contributed by atoms with Crippen molar-refractivity contribution >= 4 is 10.0 Å². The molecule has 2 atom stereocenters. The molecule has 158 valence electrons. The standard InChI is InChI=1S/C19H28N6O3S/c1-4-23-13-20-21-18(23)12-22(2)10-15-5-6-17-16-7-14(9-25(17)19(15)26)8-24(11-16)29(3,27)28/h5-6,13-14,16H,4,7-12H2,1-3H3/t14-,16+/m0/s1. The summed E-state index contributed by atoms with van der Waals surface area (Å²) >= 11 is 0. The van der Waals surface area contributed by atoms with Crippen LogP contribution >= 0.6 is 0 Å². The van der Waals surface area contributed by atoms with Gasteiger partial charge in [0.2, 0.25) is 10.0 Å². The van der Waals surface area contributed by atoms with E-state index >= 15 is 0 Å². The highest BCUT2D eigenvalue weighted by molar-refractivity contribution is 7.88. The summed E-state index contributed by atoms with van der Waals surface area (Å²) in [5.41, 5.74) is 1.74. The van der Waals surface area contributed by atoms with Crippen LogP contribution in [0.15, 0.2) is 23.3 Å². The van der Waals surface area contributed by atoms with Gasteiger partial charge in [0, 0.05) is 49.9 Å². The van der Waals surface area contributed by atoms with Crippen molar-refractivity contribution < 1.29 is 8.42 Å². The monoisotopic (exact) mass is 420 g/mol. The summed E-state index contributed by atoms with van der Waals surface area (Å²) in [5, 5.41) is 8.12. The molecule has 0 amide bonds. The highest BCUT2D eigenvalue weighted by atomic mass is 32.2. The van der Waals surface area contributed by atoms with Gasteiger partial charge in [0.1, 0.15) is 12.2 Å². The van der Waals surface area contributed by atoms with Crippen molar-refractivity contribution in [3.05, 3.63) is 45.9 Å². The van der Waals surface area contributed by atoms with Crippen LogP contribution in [0.5, 0.6) is 0 Å². The first kappa shape index (κ1) is 20.2. The van der Waals surface area contributed by atoms with E-state index in [1.54, 1.807) is 10.6 Å². The van der Waals surface area contributed by atoms with Crippen molar-refractivity contribution in [2.45, 2.75) is 45.4 Å². The second-order valence-corrected chi connectivity index (χ2v) is 10.3. The molecule has 2 aliphatic heterocycles. The molecule has 2 bridgehead atoms. The van der Waals surface area contributed by atoms with Gasteiger partial charge in [0.15, 0.2) is 0 Å². The van der Waals surface area contributed by atoms with Crippen molar-refractivity contribution in [1.82, 2.24) is 28.5 Å². The Balaban J connectivity index is 1.54. The Hall–Kier alpha value is -2.04. The number of nitrogens with zero attached hydrogens (tertiary/aromatic N) is 6. The molecule has 0 saturated carbocycles. The zero-order valence-corrected chi connectivity index (χ0v) is 18.0. The van der Waals surface area contributed by atoms with Crippen molar-refractivity contribution in [2.75, 3.05) is 26.4 Å². The predicted octanol–water partition coefficient (Wildman–Crippen LogP) is 0.470. The van der Waals surface area contributed by atoms with Gasteiger partial charge in [-0.3, -0.25) is 9.69 Å². The van der Waals surface area contributed by atoms with E-state index in [1.807, 2.05) is 35.2 Å². The molecule has 0 N–H and O–H groups in total. The van der Waals surface area contributed by atoms with Crippen molar-refractivity contribution in [3.63, 3.8) is 0 Å². The maximum absolute atomic E-state index is 13.2. The lowest BCUT2D eigenvalue weighted by molar-refractivity contribution is 0.186. The minimum atomic E-state index is -3.21. The van der Waals surface area contributed by atoms with Crippen LogP contribution in [0.4, 0.5) is 0 Å². The summed E-state index contributed by atoms with van der Waals surface area (Å²) < 4.78 is 29.4. The maximum atomic E-state index is 13.2. The van der Waals surface area contributed by atoms with Crippen molar-refractivity contribution in [2.24, 2.45) is 5.92 Å². The van der Waals surface area contributed by atoms with Gasteiger partial charge in [-0.15, -0.1) is 10.2 Å². The molecule has 9 nitrogen and oxygen atoms in total. The largest absolute Gasteiger partial charge is 0.317 e. The van der Waals surface area contributed by atoms with Crippen LogP contribution in [0.3, 0.4) is 0 Å². The number of aromatic nitrogens is 4. The zero-order chi connectivity index (χ0) is 20.8. The molecule has 0 unspecified atom stereocenters. The van der Waals surface area contributed by atoms with E-state index in [9.17, 15) is 13.2 Å². The molecule has 29 heavy (non-hydrogen) atoms. The first-order chi connectivity index (χ1) is 13.8. The highest BCUT2D eigenvalue weighted by Crippen LogP contribution is 2.36. The lowest BCUT2D eigenvalue weighted by Gasteiger charge is -2.41. The molecule has 0 spiro atoms. The lowest BCUT2D eigenvalue weighted by atomic mass is 9.84. The summed E-state index contributed by atoms with van der Waals surface area (Å²) in [6.07, 6.45) is 3.92. The van der Waals surface area contributed by atoms with Gasteiger partial charge in [0.05, 0.1) is 12.8 Å². The number of hydrogen-bond acceptors (Lipinski definition) is 6. The molecule has 2 aliphatic rings. The fourth-order valence-corrected chi connectivity index (χ4v) is 5.52. The van der Waals surface area contributed by atoms with E-state index in [2.05, 4.69) is 15.1 Å². The average Bonchev–Trinajstić information content (AvgIpc) is 3.10. The summed E-state index contributed by atoms with van der Waals surface area (Å²) in [7, 11) is -1.24. The van der Waals surface area contributed by atoms with Gasteiger partial charge in [-0.1, -0.05) is 6.07 Å². The van der Waals surface area contributed by atoms with Gasteiger partial charge in [-0.05, 0) is 32.4 Å². The molecule has 4 rings (SSSR count). The third-order valence-electron chi connectivity index (χ3n) is 6.01. The molecular weight excluding hydrogens is 392 g/mol. The zero-order valence-electron chi connectivity index (χ0n) is 17.2.